The van der Waals surface area contributed by atoms with Crippen LogP contribution in [0.2, 0.25) is 0 Å². The summed E-state index contributed by atoms with van der Waals surface area (Å²) in [6.07, 6.45) is 4.78. The summed E-state index contributed by atoms with van der Waals surface area (Å²) in [4.78, 5) is 14.0. The van der Waals surface area contributed by atoms with Gasteiger partial charge in [0.05, 0.1) is 11.4 Å². The van der Waals surface area contributed by atoms with Crippen molar-refractivity contribution >= 4 is 0 Å². The molecule has 0 aliphatic carbocycles. The van der Waals surface area contributed by atoms with Crippen LogP contribution in [0.25, 0.3) is 11.4 Å². The molecule has 0 atom stereocenters. The summed E-state index contributed by atoms with van der Waals surface area (Å²) < 4.78 is 3.06. The third-order valence-corrected chi connectivity index (χ3v) is 2.39. The van der Waals surface area contributed by atoms with E-state index in [1.165, 1.54) is 10.9 Å². The lowest BCUT2D eigenvalue weighted by Gasteiger charge is -2.02. The third-order valence-electron chi connectivity index (χ3n) is 2.39. The standard InChI is InChI=1S/C10H8N6O/c17-10-11-5-6-15(10)8-1-3-9(4-2-8)16-7-12-13-14-16/h1-7H,(H,11,17). The van der Waals surface area contributed by atoms with Crippen molar-refractivity contribution in [2.75, 3.05) is 0 Å². The van der Waals surface area contributed by atoms with Crippen molar-refractivity contribution in [3.8, 4) is 11.4 Å². The van der Waals surface area contributed by atoms with Crippen molar-refractivity contribution in [3.63, 3.8) is 0 Å². The van der Waals surface area contributed by atoms with Crippen LogP contribution in [0.1, 0.15) is 0 Å². The summed E-state index contributed by atoms with van der Waals surface area (Å²) in [5, 5.41) is 10.9. The molecule has 3 aromatic rings. The van der Waals surface area contributed by atoms with Crippen LogP contribution in [0.15, 0.2) is 47.8 Å². The molecule has 2 aromatic heterocycles. The van der Waals surface area contributed by atoms with Gasteiger partial charge in [-0.25, -0.2) is 9.48 Å². The summed E-state index contributed by atoms with van der Waals surface area (Å²) in [5.74, 6) is 0. The van der Waals surface area contributed by atoms with Crippen molar-refractivity contribution in [2.45, 2.75) is 0 Å². The number of aromatic nitrogens is 6. The molecule has 17 heavy (non-hydrogen) atoms. The summed E-state index contributed by atoms with van der Waals surface area (Å²) in [7, 11) is 0. The zero-order valence-electron chi connectivity index (χ0n) is 8.69. The first-order valence-corrected chi connectivity index (χ1v) is 4.94. The van der Waals surface area contributed by atoms with Crippen LogP contribution in [0, 0.1) is 0 Å². The Morgan fingerprint density at radius 1 is 1.12 bits per heavy atom. The predicted octanol–water partition coefficient (Wildman–Crippen LogP) is 0.141. The van der Waals surface area contributed by atoms with Crippen LogP contribution in [0.4, 0.5) is 0 Å². The molecule has 0 aliphatic heterocycles. The fraction of sp³-hybridized carbons (Fsp3) is 0. The first-order valence-electron chi connectivity index (χ1n) is 4.94. The molecule has 84 valence electrons. The molecule has 7 nitrogen and oxygen atoms in total. The molecular formula is C10H8N6O. The maximum atomic E-state index is 11.4. The van der Waals surface area contributed by atoms with E-state index < -0.39 is 0 Å². The van der Waals surface area contributed by atoms with E-state index in [1.807, 2.05) is 24.3 Å². The molecule has 0 saturated carbocycles. The Labute approximate surface area is 95.3 Å². The summed E-state index contributed by atoms with van der Waals surface area (Å²) >= 11 is 0. The van der Waals surface area contributed by atoms with Gasteiger partial charge in [-0.3, -0.25) is 4.57 Å². The second-order valence-electron chi connectivity index (χ2n) is 3.41. The SMILES string of the molecule is O=c1[nH]ccn1-c1ccc(-n2cnnn2)cc1. The van der Waals surface area contributed by atoms with Crippen molar-refractivity contribution < 1.29 is 0 Å². The fourth-order valence-electron chi connectivity index (χ4n) is 1.57. The van der Waals surface area contributed by atoms with E-state index in [1.54, 1.807) is 17.1 Å². The highest BCUT2D eigenvalue weighted by Gasteiger charge is 2.01. The molecule has 0 unspecified atom stereocenters. The van der Waals surface area contributed by atoms with Crippen molar-refractivity contribution in [1.82, 2.24) is 29.8 Å². The van der Waals surface area contributed by atoms with Gasteiger partial charge in [0.25, 0.3) is 0 Å². The van der Waals surface area contributed by atoms with Gasteiger partial charge in [0.2, 0.25) is 0 Å². The molecule has 7 heteroatoms. The van der Waals surface area contributed by atoms with E-state index in [4.69, 9.17) is 0 Å². The Bertz CT molecular complexity index is 663. The number of nitrogens with zero attached hydrogens (tertiary/aromatic N) is 5. The van der Waals surface area contributed by atoms with Crippen LogP contribution in [0.5, 0.6) is 0 Å². The summed E-state index contributed by atoms with van der Waals surface area (Å²) in [6.45, 7) is 0. The number of aromatic amines is 1. The molecule has 1 N–H and O–H groups in total. The van der Waals surface area contributed by atoms with E-state index in [0.717, 1.165) is 11.4 Å². The van der Waals surface area contributed by atoms with Gasteiger partial charge >= 0.3 is 5.69 Å². The highest BCUT2D eigenvalue weighted by Crippen LogP contribution is 2.09. The van der Waals surface area contributed by atoms with Crippen LogP contribution in [0.3, 0.4) is 0 Å². The Kier molecular flexibility index (Phi) is 2.08. The van der Waals surface area contributed by atoms with E-state index >= 15 is 0 Å². The lowest BCUT2D eigenvalue weighted by atomic mass is 10.3. The molecule has 0 radical (unpaired) electrons. The van der Waals surface area contributed by atoms with Gasteiger partial charge in [-0.2, -0.15) is 0 Å². The Hall–Kier alpha value is -2.70. The Balaban J connectivity index is 2.01. The number of tetrazole rings is 1. The van der Waals surface area contributed by atoms with Gasteiger partial charge in [-0.15, -0.1) is 5.10 Å². The topological polar surface area (TPSA) is 81.4 Å². The fourth-order valence-corrected chi connectivity index (χ4v) is 1.57. The highest BCUT2D eigenvalue weighted by atomic mass is 16.1. The maximum Gasteiger partial charge on any atom is 0.330 e. The largest absolute Gasteiger partial charge is 0.330 e. The van der Waals surface area contributed by atoms with E-state index in [0.29, 0.717) is 0 Å². The molecule has 0 fully saturated rings. The molecule has 0 amide bonds. The predicted molar refractivity (Wildman–Crippen MR) is 59.1 cm³/mol. The number of H-pyrrole nitrogens is 1. The van der Waals surface area contributed by atoms with Crippen molar-refractivity contribution in [2.24, 2.45) is 0 Å². The van der Waals surface area contributed by atoms with Gasteiger partial charge in [0, 0.05) is 12.4 Å². The quantitative estimate of drug-likeness (QED) is 0.676. The van der Waals surface area contributed by atoms with E-state index in [9.17, 15) is 4.79 Å². The monoisotopic (exact) mass is 228 g/mol. The number of nitrogens with one attached hydrogen (secondary N) is 1. The van der Waals surface area contributed by atoms with Gasteiger partial charge in [-0.1, -0.05) is 0 Å². The minimum absolute atomic E-state index is 0.167. The number of hydrogen-bond acceptors (Lipinski definition) is 4. The van der Waals surface area contributed by atoms with Crippen molar-refractivity contribution in [1.29, 1.82) is 0 Å². The van der Waals surface area contributed by atoms with Crippen molar-refractivity contribution in [3.05, 3.63) is 53.5 Å². The van der Waals surface area contributed by atoms with Gasteiger partial charge in [0.1, 0.15) is 6.33 Å². The Morgan fingerprint density at radius 3 is 2.47 bits per heavy atom. The van der Waals surface area contributed by atoms with Gasteiger partial charge < -0.3 is 4.98 Å². The number of hydrogen-bond donors (Lipinski definition) is 1. The molecule has 0 spiro atoms. The first-order chi connectivity index (χ1) is 8.34. The van der Waals surface area contributed by atoms with E-state index in [-0.39, 0.29) is 5.69 Å². The van der Waals surface area contributed by atoms with E-state index in [2.05, 4.69) is 20.5 Å². The third kappa shape index (κ3) is 1.63. The first kappa shape index (κ1) is 9.52. The number of imidazole rings is 1. The van der Waals surface area contributed by atoms with Crippen LogP contribution < -0.4 is 5.69 Å². The van der Waals surface area contributed by atoms with Crippen LogP contribution in [-0.2, 0) is 0 Å². The number of benzene rings is 1. The number of rotatable bonds is 2. The maximum absolute atomic E-state index is 11.4. The summed E-state index contributed by atoms with van der Waals surface area (Å²) in [5.41, 5.74) is 1.45. The average Bonchev–Trinajstić information content (AvgIpc) is 3.00. The highest BCUT2D eigenvalue weighted by molar-refractivity contribution is 5.40. The second kappa shape index (κ2) is 3.71. The smallest absolute Gasteiger partial charge is 0.312 e. The van der Waals surface area contributed by atoms with Gasteiger partial charge in [0.15, 0.2) is 0 Å². The molecule has 0 bridgehead atoms. The lowest BCUT2D eigenvalue weighted by molar-refractivity contribution is 0.788. The molecule has 3 rings (SSSR count). The molecule has 1 aromatic carbocycles. The molecule has 2 heterocycles. The molecular weight excluding hydrogens is 220 g/mol. The molecule has 0 saturated heterocycles. The minimum atomic E-state index is -0.167. The normalized spacial score (nSPS) is 10.6. The van der Waals surface area contributed by atoms with Gasteiger partial charge in [-0.05, 0) is 34.7 Å². The second-order valence-corrected chi connectivity index (χ2v) is 3.41. The zero-order valence-corrected chi connectivity index (χ0v) is 8.69. The molecule has 0 aliphatic rings. The Morgan fingerprint density at radius 2 is 1.88 bits per heavy atom. The zero-order chi connectivity index (χ0) is 11.7. The average molecular weight is 228 g/mol. The lowest BCUT2D eigenvalue weighted by Crippen LogP contribution is -2.13. The minimum Gasteiger partial charge on any atom is -0.312 e. The summed E-state index contributed by atoms with van der Waals surface area (Å²) in [6, 6.07) is 7.33. The van der Waals surface area contributed by atoms with Crippen LogP contribution >= 0.6 is 0 Å². The van der Waals surface area contributed by atoms with Crippen LogP contribution in [-0.4, -0.2) is 29.8 Å².